The summed E-state index contributed by atoms with van der Waals surface area (Å²) in [6, 6.07) is 70.4. The van der Waals surface area contributed by atoms with Crippen molar-refractivity contribution in [2.45, 2.75) is 0 Å². The normalized spacial score (nSPS) is 11.7. The maximum absolute atomic E-state index is 7.11. The SMILES string of the molecule is c1ccc(-c2ccnc(-c3cccc(-n4c5ccccc5c5c6c(oc7cc(-c8ccccc8)ccc76)c(-c6nc7ccccc7n6-c6ccccc6)cc54)c3)c2)cc1. The maximum atomic E-state index is 7.11. The fourth-order valence-corrected chi connectivity index (χ4v) is 8.90. The van der Waals surface area contributed by atoms with Crippen LogP contribution in [0, 0.1) is 0 Å². The summed E-state index contributed by atoms with van der Waals surface area (Å²) in [7, 11) is 0. The van der Waals surface area contributed by atoms with E-state index in [2.05, 4.69) is 203 Å². The van der Waals surface area contributed by atoms with Crippen molar-refractivity contribution >= 4 is 54.8 Å². The van der Waals surface area contributed by atoms with Gasteiger partial charge in [0.05, 0.1) is 33.3 Å². The highest BCUT2D eigenvalue weighted by molar-refractivity contribution is 6.30. The molecule has 0 bridgehead atoms. The minimum absolute atomic E-state index is 0.809. The predicted molar refractivity (Wildman–Crippen MR) is 242 cm³/mol. The molecule has 0 unspecified atom stereocenters. The summed E-state index contributed by atoms with van der Waals surface area (Å²) >= 11 is 0. The van der Waals surface area contributed by atoms with Crippen LogP contribution in [0.2, 0.25) is 0 Å². The quantitative estimate of drug-likeness (QED) is 0.170. The van der Waals surface area contributed by atoms with Crippen molar-refractivity contribution in [2.75, 3.05) is 0 Å². The van der Waals surface area contributed by atoms with E-state index in [1.807, 2.05) is 12.3 Å². The molecule has 0 saturated carbocycles. The van der Waals surface area contributed by atoms with Gasteiger partial charge in [0.15, 0.2) is 0 Å². The lowest BCUT2D eigenvalue weighted by atomic mass is 9.99. The van der Waals surface area contributed by atoms with Gasteiger partial charge in [-0.1, -0.05) is 127 Å². The summed E-state index contributed by atoms with van der Waals surface area (Å²) in [6.45, 7) is 0. The number of imidazole rings is 1. The third-order valence-electron chi connectivity index (χ3n) is 11.6. The van der Waals surface area contributed by atoms with Crippen molar-refractivity contribution in [2.24, 2.45) is 0 Å². The Balaban J connectivity index is 1.17. The van der Waals surface area contributed by atoms with Gasteiger partial charge >= 0.3 is 0 Å². The molecule has 0 radical (unpaired) electrons. The van der Waals surface area contributed by atoms with Crippen molar-refractivity contribution < 1.29 is 4.42 Å². The van der Waals surface area contributed by atoms with Crippen molar-refractivity contribution in [3.8, 4) is 56.3 Å². The van der Waals surface area contributed by atoms with Crippen molar-refractivity contribution in [1.29, 1.82) is 0 Å². The number of para-hydroxylation sites is 4. The molecule has 5 nitrogen and oxygen atoms in total. The van der Waals surface area contributed by atoms with Crippen LogP contribution in [0.15, 0.2) is 211 Å². The van der Waals surface area contributed by atoms with Gasteiger partial charge in [-0.3, -0.25) is 9.55 Å². The number of nitrogens with zero attached hydrogens (tertiary/aromatic N) is 4. The number of hydrogen-bond donors (Lipinski definition) is 0. The van der Waals surface area contributed by atoms with Crippen molar-refractivity contribution in [3.63, 3.8) is 0 Å². The highest BCUT2D eigenvalue weighted by atomic mass is 16.3. The van der Waals surface area contributed by atoms with E-state index in [4.69, 9.17) is 14.4 Å². The summed E-state index contributed by atoms with van der Waals surface area (Å²) in [6.07, 6.45) is 1.90. The van der Waals surface area contributed by atoms with E-state index < -0.39 is 0 Å². The second kappa shape index (κ2) is 13.3. The number of rotatable bonds is 6. The molecule has 0 aliphatic heterocycles. The van der Waals surface area contributed by atoms with Gasteiger partial charge < -0.3 is 8.98 Å². The standard InChI is InChI=1S/C54H34N4O/c1-4-15-35(16-5-1)37-27-28-43-50(33-37)59-53-44(54-56-45-24-11-13-26-48(45)58(54)40-20-8-3-9-21-40)34-49-51(52(43)53)42-23-10-12-25-47(42)57(49)41-22-14-19-39(31-41)46-32-38(29-30-55-46)36-17-6-2-7-18-36/h1-34H. The van der Waals surface area contributed by atoms with Gasteiger partial charge in [0.2, 0.25) is 0 Å². The Morgan fingerprint density at radius 2 is 1.07 bits per heavy atom. The Hall–Kier alpha value is -8.02. The van der Waals surface area contributed by atoms with Crippen LogP contribution in [0.1, 0.15) is 0 Å². The van der Waals surface area contributed by atoms with Crippen LogP contribution in [-0.2, 0) is 0 Å². The topological polar surface area (TPSA) is 48.8 Å². The molecule has 0 N–H and O–H groups in total. The molecule has 59 heavy (non-hydrogen) atoms. The highest BCUT2D eigenvalue weighted by Gasteiger charge is 2.26. The number of furan rings is 1. The first-order valence-electron chi connectivity index (χ1n) is 19.9. The minimum atomic E-state index is 0.809. The van der Waals surface area contributed by atoms with E-state index in [0.717, 1.165) is 111 Å². The lowest BCUT2D eigenvalue weighted by molar-refractivity contribution is 0.670. The molecule has 0 amide bonds. The zero-order valence-corrected chi connectivity index (χ0v) is 31.8. The molecular weight excluding hydrogens is 721 g/mol. The van der Waals surface area contributed by atoms with Gasteiger partial charge in [0, 0.05) is 44.7 Å². The number of pyridine rings is 1. The monoisotopic (exact) mass is 754 g/mol. The minimum Gasteiger partial charge on any atom is -0.455 e. The first kappa shape index (κ1) is 33.2. The number of aromatic nitrogens is 4. The number of hydrogen-bond acceptors (Lipinski definition) is 3. The Labute approximate surface area is 339 Å². The summed E-state index contributed by atoms with van der Waals surface area (Å²) in [5.41, 5.74) is 15.3. The molecule has 0 atom stereocenters. The third kappa shape index (κ3) is 5.33. The fraction of sp³-hybridized carbons (Fsp3) is 0. The van der Waals surface area contributed by atoms with Crippen LogP contribution in [0.5, 0.6) is 0 Å². The van der Waals surface area contributed by atoms with Crippen LogP contribution in [-0.4, -0.2) is 19.1 Å². The van der Waals surface area contributed by atoms with Gasteiger partial charge in [0.25, 0.3) is 0 Å². The lowest BCUT2D eigenvalue weighted by Crippen LogP contribution is -1.99. The molecule has 5 heteroatoms. The fourth-order valence-electron chi connectivity index (χ4n) is 8.90. The molecule has 0 fully saturated rings. The smallest absolute Gasteiger partial charge is 0.149 e. The molecule has 0 saturated heterocycles. The molecule has 4 heterocycles. The predicted octanol–water partition coefficient (Wildman–Crippen LogP) is 14.1. The maximum Gasteiger partial charge on any atom is 0.149 e. The molecule has 0 spiro atoms. The second-order valence-corrected chi connectivity index (χ2v) is 15.0. The molecule has 0 aliphatic rings. The van der Waals surface area contributed by atoms with E-state index in [1.165, 1.54) is 0 Å². The largest absolute Gasteiger partial charge is 0.455 e. The third-order valence-corrected chi connectivity index (χ3v) is 11.6. The van der Waals surface area contributed by atoms with Crippen LogP contribution in [0.25, 0.3) is 111 Å². The first-order chi connectivity index (χ1) is 29.3. The molecule has 12 aromatic rings. The molecular formula is C54H34N4O. The lowest BCUT2D eigenvalue weighted by Gasteiger charge is -2.13. The zero-order chi connectivity index (χ0) is 38.9. The van der Waals surface area contributed by atoms with Crippen LogP contribution >= 0.6 is 0 Å². The number of fused-ring (bicyclic) bond motifs is 8. The zero-order valence-electron chi connectivity index (χ0n) is 31.8. The van der Waals surface area contributed by atoms with Crippen LogP contribution < -0.4 is 0 Å². The van der Waals surface area contributed by atoms with Gasteiger partial charge in [0.1, 0.15) is 17.0 Å². The Morgan fingerprint density at radius 1 is 0.407 bits per heavy atom. The van der Waals surface area contributed by atoms with E-state index in [-0.39, 0.29) is 0 Å². The average Bonchev–Trinajstić information content (AvgIpc) is 3.99. The van der Waals surface area contributed by atoms with E-state index in [1.54, 1.807) is 0 Å². The van der Waals surface area contributed by atoms with Crippen LogP contribution in [0.3, 0.4) is 0 Å². The summed E-state index contributed by atoms with van der Waals surface area (Å²) in [5.74, 6) is 0.819. The average molecular weight is 755 g/mol. The van der Waals surface area contributed by atoms with Crippen LogP contribution in [0.4, 0.5) is 0 Å². The summed E-state index contributed by atoms with van der Waals surface area (Å²) in [4.78, 5) is 10.2. The van der Waals surface area contributed by atoms with Crippen molar-refractivity contribution in [3.05, 3.63) is 206 Å². The summed E-state index contributed by atoms with van der Waals surface area (Å²) < 4.78 is 11.8. The van der Waals surface area contributed by atoms with E-state index >= 15 is 0 Å². The van der Waals surface area contributed by atoms with Gasteiger partial charge in [-0.2, -0.15) is 0 Å². The Bertz CT molecular complexity index is 3540. The Kier molecular flexibility index (Phi) is 7.47. The van der Waals surface area contributed by atoms with E-state index in [9.17, 15) is 0 Å². The molecule has 8 aromatic carbocycles. The van der Waals surface area contributed by atoms with Gasteiger partial charge in [-0.25, -0.2) is 4.98 Å². The second-order valence-electron chi connectivity index (χ2n) is 15.0. The first-order valence-corrected chi connectivity index (χ1v) is 19.9. The van der Waals surface area contributed by atoms with Gasteiger partial charge in [-0.15, -0.1) is 0 Å². The Morgan fingerprint density at radius 3 is 1.86 bits per heavy atom. The summed E-state index contributed by atoms with van der Waals surface area (Å²) in [5, 5.41) is 4.43. The van der Waals surface area contributed by atoms with Crippen molar-refractivity contribution in [1.82, 2.24) is 19.1 Å². The molecule has 4 aromatic heterocycles. The molecule has 12 rings (SSSR count). The molecule has 276 valence electrons. The highest BCUT2D eigenvalue weighted by Crippen LogP contribution is 2.47. The van der Waals surface area contributed by atoms with Gasteiger partial charge in [-0.05, 0) is 95.1 Å². The van der Waals surface area contributed by atoms with E-state index in [0.29, 0.717) is 0 Å². The number of benzene rings is 8. The molecule has 0 aliphatic carbocycles.